The van der Waals surface area contributed by atoms with Gasteiger partial charge in [0.1, 0.15) is 22.5 Å². The molecule has 0 bridgehead atoms. The Bertz CT molecular complexity index is 1310. The van der Waals surface area contributed by atoms with Gasteiger partial charge < -0.3 is 20.3 Å². The Morgan fingerprint density at radius 3 is 2.63 bits per heavy atom. The summed E-state index contributed by atoms with van der Waals surface area (Å²) in [7, 11) is 1.35. The second kappa shape index (κ2) is 12.0. The summed E-state index contributed by atoms with van der Waals surface area (Å²) < 4.78 is 11.2. The maximum absolute atomic E-state index is 12.0. The highest BCUT2D eigenvalue weighted by Crippen LogP contribution is 2.34. The number of aliphatic hydroxyl groups is 1. The molecule has 0 saturated carbocycles. The molecule has 6 nitrogen and oxygen atoms in total. The number of nitrogens with two attached hydrogens (primary N) is 1. The highest BCUT2D eigenvalue weighted by molar-refractivity contribution is 7.16. The Morgan fingerprint density at radius 2 is 2.00 bits per heavy atom. The van der Waals surface area contributed by atoms with Crippen LogP contribution < -0.4 is 10.5 Å². The summed E-state index contributed by atoms with van der Waals surface area (Å²) in [5, 5.41) is 19.6. The minimum absolute atomic E-state index is 0.0528. The molecular formula is C28H28N2O4S. The van der Waals surface area contributed by atoms with E-state index in [4.69, 9.17) is 15.2 Å². The fourth-order valence-corrected chi connectivity index (χ4v) is 4.30. The van der Waals surface area contributed by atoms with E-state index in [1.807, 2.05) is 55.5 Å². The molecule has 0 aliphatic heterocycles. The van der Waals surface area contributed by atoms with Crippen LogP contribution in [0.15, 0.2) is 72.2 Å². The van der Waals surface area contributed by atoms with Gasteiger partial charge >= 0.3 is 5.97 Å². The number of carbonyl (C=O) groups excluding carboxylic acids is 1. The number of nitriles is 1. The van der Waals surface area contributed by atoms with Crippen molar-refractivity contribution in [1.29, 1.82) is 5.26 Å². The molecule has 35 heavy (non-hydrogen) atoms. The molecular weight excluding hydrogens is 460 g/mol. The average Bonchev–Trinajstić information content (AvgIpc) is 3.36. The molecule has 0 amide bonds. The highest BCUT2D eigenvalue weighted by Gasteiger charge is 2.15. The van der Waals surface area contributed by atoms with Crippen molar-refractivity contribution in [3.05, 3.63) is 93.8 Å². The number of hydrogen-bond acceptors (Lipinski definition) is 7. The summed E-state index contributed by atoms with van der Waals surface area (Å²) in [4.78, 5) is 13.6. The number of ether oxygens (including phenoxy) is 2. The van der Waals surface area contributed by atoms with Gasteiger partial charge in [0.05, 0.1) is 19.3 Å². The Morgan fingerprint density at radius 1 is 1.20 bits per heavy atom. The Balaban J connectivity index is 2.04. The zero-order chi connectivity index (χ0) is 25.4. The van der Waals surface area contributed by atoms with Crippen LogP contribution in [0.3, 0.4) is 0 Å². The smallest absolute Gasteiger partial charge is 0.310 e. The second-order valence-electron chi connectivity index (χ2n) is 7.82. The van der Waals surface area contributed by atoms with Crippen molar-refractivity contribution in [2.24, 2.45) is 5.73 Å². The van der Waals surface area contributed by atoms with Crippen molar-refractivity contribution in [1.82, 2.24) is 0 Å². The van der Waals surface area contributed by atoms with E-state index < -0.39 is 0 Å². The third-order valence-electron chi connectivity index (χ3n) is 5.39. The number of rotatable bonds is 9. The van der Waals surface area contributed by atoms with Crippen LogP contribution in [0.1, 0.15) is 41.8 Å². The zero-order valence-electron chi connectivity index (χ0n) is 20.0. The van der Waals surface area contributed by atoms with Crippen LogP contribution >= 0.6 is 11.3 Å². The lowest BCUT2D eigenvalue weighted by molar-refractivity contribution is -0.139. The normalized spacial score (nSPS) is 12.0. The molecule has 0 aliphatic rings. The van der Waals surface area contributed by atoms with Gasteiger partial charge in [-0.3, -0.25) is 4.79 Å². The van der Waals surface area contributed by atoms with E-state index in [9.17, 15) is 15.2 Å². The van der Waals surface area contributed by atoms with Crippen molar-refractivity contribution in [3.63, 3.8) is 0 Å². The van der Waals surface area contributed by atoms with E-state index in [-0.39, 0.29) is 18.1 Å². The number of allylic oxidation sites excluding steroid dienone is 4. The Labute approximate surface area is 209 Å². The monoisotopic (exact) mass is 488 g/mol. The highest BCUT2D eigenvalue weighted by atomic mass is 32.1. The molecule has 0 unspecified atom stereocenters. The Hall–Kier alpha value is -3.86. The summed E-state index contributed by atoms with van der Waals surface area (Å²) in [6.45, 7) is 3.97. The molecule has 3 rings (SSSR count). The molecule has 0 atom stereocenters. The van der Waals surface area contributed by atoms with Gasteiger partial charge in [0.25, 0.3) is 0 Å². The van der Waals surface area contributed by atoms with E-state index >= 15 is 0 Å². The summed E-state index contributed by atoms with van der Waals surface area (Å²) in [5.74, 6) is 0.898. The molecule has 2 aromatic carbocycles. The largest absolute Gasteiger partial charge is 0.512 e. The molecule has 3 N–H and O–H groups in total. The quantitative estimate of drug-likeness (QED) is 0.213. The van der Waals surface area contributed by atoms with Crippen LogP contribution in [0.5, 0.6) is 5.75 Å². The van der Waals surface area contributed by atoms with Crippen molar-refractivity contribution >= 4 is 22.9 Å². The molecule has 0 spiro atoms. The number of thiophene rings is 1. The predicted molar refractivity (Wildman–Crippen MR) is 139 cm³/mol. The second-order valence-corrected chi connectivity index (χ2v) is 8.90. The van der Waals surface area contributed by atoms with Gasteiger partial charge in [-0.05, 0) is 54.0 Å². The van der Waals surface area contributed by atoms with Crippen molar-refractivity contribution in [3.8, 4) is 22.3 Å². The minimum Gasteiger partial charge on any atom is -0.512 e. The standard InChI is InChI=1S/C28H28N2O4S/c1-4-23(15-25(18(2)31)20-7-5-6-19(12-20)16-29)34-26-13-22(27-11-10-24(17-30)35-27)9-8-21(26)14-28(32)33-3/h5-13,15,31H,4,14,16,29H2,1-3H3/b23-15+,25-18-. The summed E-state index contributed by atoms with van der Waals surface area (Å²) in [6, 6.07) is 19.1. The maximum atomic E-state index is 12.0. The van der Waals surface area contributed by atoms with Crippen molar-refractivity contribution in [2.45, 2.75) is 33.2 Å². The molecule has 0 fully saturated rings. The molecule has 180 valence electrons. The van der Waals surface area contributed by atoms with Gasteiger partial charge in [0, 0.05) is 29.0 Å². The molecule has 7 heteroatoms. The third-order valence-corrected chi connectivity index (χ3v) is 6.43. The minimum atomic E-state index is -0.377. The van der Waals surface area contributed by atoms with Crippen molar-refractivity contribution < 1.29 is 19.4 Å². The SMILES string of the molecule is CC/C(=C\C(=C(/C)O)c1cccc(CN)c1)Oc1cc(-c2ccc(C#N)s2)ccc1CC(=O)OC. The number of hydrogen-bond donors (Lipinski definition) is 2. The first kappa shape index (κ1) is 25.8. The van der Waals surface area contributed by atoms with E-state index in [1.54, 1.807) is 19.1 Å². The van der Waals surface area contributed by atoms with Crippen LogP contribution in [0, 0.1) is 11.3 Å². The van der Waals surface area contributed by atoms with Gasteiger partial charge in [0.15, 0.2) is 0 Å². The molecule has 0 aliphatic carbocycles. The van der Waals surface area contributed by atoms with Gasteiger partial charge in [-0.2, -0.15) is 5.26 Å². The lowest BCUT2D eigenvalue weighted by Gasteiger charge is -2.15. The topological polar surface area (TPSA) is 106 Å². The van der Waals surface area contributed by atoms with E-state index in [0.29, 0.717) is 40.5 Å². The molecule has 3 aromatic rings. The van der Waals surface area contributed by atoms with Crippen LogP contribution in [-0.4, -0.2) is 18.2 Å². The van der Waals surface area contributed by atoms with E-state index in [1.165, 1.54) is 18.4 Å². The van der Waals surface area contributed by atoms with E-state index in [0.717, 1.165) is 21.6 Å². The number of benzene rings is 2. The van der Waals surface area contributed by atoms with Crippen molar-refractivity contribution in [2.75, 3.05) is 7.11 Å². The predicted octanol–water partition coefficient (Wildman–Crippen LogP) is 6.12. The first-order valence-corrected chi connectivity index (χ1v) is 12.0. The summed E-state index contributed by atoms with van der Waals surface area (Å²) >= 11 is 1.39. The Kier molecular flexibility index (Phi) is 8.85. The fraction of sp³-hybridized carbons (Fsp3) is 0.214. The van der Waals surface area contributed by atoms with Crippen LogP contribution in [0.25, 0.3) is 16.0 Å². The van der Waals surface area contributed by atoms with Gasteiger partial charge in [-0.15, -0.1) is 11.3 Å². The average molecular weight is 489 g/mol. The maximum Gasteiger partial charge on any atom is 0.310 e. The van der Waals surface area contributed by atoms with Crippen LogP contribution in [-0.2, 0) is 22.5 Å². The first-order chi connectivity index (χ1) is 16.9. The molecule has 1 heterocycles. The molecule has 0 saturated heterocycles. The number of aliphatic hydroxyl groups excluding tert-OH is 1. The number of nitrogens with zero attached hydrogens (tertiary/aromatic N) is 1. The lowest BCUT2D eigenvalue weighted by atomic mass is 10.0. The lowest BCUT2D eigenvalue weighted by Crippen LogP contribution is -2.07. The molecule has 1 aromatic heterocycles. The third kappa shape index (κ3) is 6.60. The summed E-state index contributed by atoms with van der Waals surface area (Å²) in [6.07, 6.45) is 2.41. The van der Waals surface area contributed by atoms with Gasteiger partial charge in [-0.1, -0.05) is 37.3 Å². The van der Waals surface area contributed by atoms with Gasteiger partial charge in [-0.25, -0.2) is 0 Å². The van der Waals surface area contributed by atoms with Crippen LogP contribution in [0.4, 0.5) is 0 Å². The first-order valence-electron chi connectivity index (χ1n) is 11.2. The molecule has 0 radical (unpaired) electrons. The van der Waals surface area contributed by atoms with Gasteiger partial charge in [0.2, 0.25) is 0 Å². The van der Waals surface area contributed by atoms with Crippen LogP contribution in [0.2, 0.25) is 0 Å². The van der Waals surface area contributed by atoms with E-state index in [2.05, 4.69) is 6.07 Å². The number of carbonyl (C=O) groups is 1. The fourth-order valence-electron chi connectivity index (χ4n) is 3.50. The zero-order valence-corrected chi connectivity index (χ0v) is 20.8. The number of esters is 1. The summed E-state index contributed by atoms with van der Waals surface area (Å²) in [5.41, 5.74) is 9.75. The number of methoxy groups -OCH3 is 1.